The zero-order chi connectivity index (χ0) is 27.6. The van der Waals surface area contributed by atoms with Gasteiger partial charge in [-0.05, 0) is 54.6 Å². The van der Waals surface area contributed by atoms with Crippen LogP contribution in [0.25, 0.3) is 22.3 Å². The predicted molar refractivity (Wildman–Crippen MR) is 149 cm³/mol. The van der Waals surface area contributed by atoms with E-state index >= 15 is 0 Å². The van der Waals surface area contributed by atoms with Gasteiger partial charge >= 0.3 is 0 Å². The molecule has 1 N–H and O–H groups in total. The Balaban J connectivity index is 1.23. The van der Waals surface area contributed by atoms with E-state index in [9.17, 15) is 9.59 Å². The van der Waals surface area contributed by atoms with E-state index in [0.717, 1.165) is 11.3 Å². The summed E-state index contributed by atoms with van der Waals surface area (Å²) >= 11 is 5.91. The second-order valence-electron chi connectivity index (χ2n) is 9.29. The van der Waals surface area contributed by atoms with Crippen molar-refractivity contribution in [2.75, 3.05) is 49.8 Å². The van der Waals surface area contributed by atoms with E-state index in [2.05, 4.69) is 20.2 Å². The van der Waals surface area contributed by atoms with E-state index in [1.807, 2.05) is 30.3 Å². The second kappa shape index (κ2) is 10.9. The molecule has 0 spiro atoms. The summed E-state index contributed by atoms with van der Waals surface area (Å²) in [6, 6.07) is 16.3. The van der Waals surface area contributed by atoms with Gasteiger partial charge in [-0.2, -0.15) is 4.98 Å². The summed E-state index contributed by atoms with van der Waals surface area (Å²) in [6.07, 6.45) is 0. The summed E-state index contributed by atoms with van der Waals surface area (Å²) < 4.78 is 16.6. The number of piperazine rings is 1. The highest BCUT2D eigenvalue weighted by Crippen LogP contribution is 2.36. The Hall–Kier alpha value is -4.64. The molecular formula is C28H25ClN6O5. The van der Waals surface area contributed by atoms with Crippen LogP contribution >= 0.6 is 11.6 Å². The van der Waals surface area contributed by atoms with Gasteiger partial charge in [-0.1, -0.05) is 11.6 Å². The first kappa shape index (κ1) is 25.6. The Morgan fingerprint density at radius 3 is 2.50 bits per heavy atom. The fraction of sp³-hybridized carbons (Fsp3) is 0.250. The van der Waals surface area contributed by atoms with Gasteiger partial charge in [-0.25, -0.2) is 9.97 Å². The van der Waals surface area contributed by atoms with Crippen LogP contribution in [-0.2, 0) is 9.59 Å². The van der Waals surface area contributed by atoms with Gasteiger partial charge < -0.3 is 24.0 Å². The lowest BCUT2D eigenvalue weighted by atomic mass is 10.1. The summed E-state index contributed by atoms with van der Waals surface area (Å²) in [5.74, 6) is 2.34. The lowest BCUT2D eigenvalue weighted by molar-refractivity contribution is -0.133. The Morgan fingerprint density at radius 1 is 0.950 bits per heavy atom. The third-order valence-electron chi connectivity index (χ3n) is 6.59. The van der Waals surface area contributed by atoms with Crippen LogP contribution in [0, 0.1) is 0 Å². The number of hydrogen-bond donors (Lipinski definition) is 1. The molecule has 40 heavy (non-hydrogen) atoms. The molecule has 4 heterocycles. The van der Waals surface area contributed by atoms with E-state index in [0.29, 0.717) is 65.3 Å². The minimum absolute atomic E-state index is 0.0643. The average molecular weight is 561 g/mol. The number of hydrogen-bond acceptors (Lipinski definition) is 9. The lowest BCUT2D eigenvalue weighted by Crippen LogP contribution is -2.50. The number of rotatable bonds is 6. The van der Waals surface area contributed by atoms with Gasteiger partial charge in [-0.3, -0.25) is 14.9 Å². The minimum Gasteiger partial charge on any atom is -0.484 e. The smallest absolute Gasteiger partial charge is 0.260 e. The van der Waals surface area contributed by atoms with E-state index in [-0.39, 0.29) is 31.2 Å². The fourth-order valence-corrected chi connectivity index (χ4v) is 4.71. The molecule has 2 aromatic carbocycles. The molecule has 2 aliphatic rings. The highest BCUT2D eigenvalue weighted by molar-refractivity contribution is 6.30. The number of carbonyl (C=O) groups is 2. The Morgan fingerprint density at radius 2 is 1.73 bits per heavy atom. The number of halogens is 1. The monoisotopic (exact) mass is 560 g/mol. The first-order chi connectivity index (χ1) is 19.4. The predicted octanol–water partition coefficient (Wildman–Crippen LogP) is 3.76. The van der Waals surface area contributed by atoms with Crippen molar-refractivity contribution in [2.24, 2.45) is 0 Å². The van der Waals surface area contributed by atoms with Gasteiger partial charge in [0.25, 0.3) is 5.91 Å². The fourth-order valence-electron chi connectivity index (χ4n) is 4.58. The van der Waals surface area contributed by atoms with Gasteiger partial charge in [0.1, 0.15) is 11.3 Å². The molecule has 0 unspecified atom stereocenters. The van der Waals surface area contributed by atoms with Gasteiger partial charge in [-0.15, -0.1) is 0 Å². The highest BCUT2D eigenvalue weighted by Gasteiger charge is 2.25. The average Bonchev–Trinajstić information content (AvgIpc) is 3.44. The molecule has 1 saturated heterocycles. The Labute approximate surface area is 234 Å². The first-order valence-corrected chi connectivity index (χ1v) is 13.1. The largest absolute Gasteiger partial charge is 0.484 e. The van der Waals surface area contributed by atoms with Gasteiger partial charge in [0, 0.05) is 43.7 Å². The molecule has 2 aliphatic heterocycles. The molecule has 12 heteroatoms. The molecule has 2 aromatic heterocycles. The number of nitrogens with zero attached hydrogens (tertiary/aromatic N) is 5. The van der Waals surface area contributed by atoms with Crippen molar-refractivity contribution in [1.82, 2.24) is 19.9 Å². The summed E-state index contributed by atoms with van der Waals surface area (Å²) in [4.78, 5) is 42.4. The Bertz CT molecular complexity index is 1590. The van der Waals surface area contributed by atoms with Crippen molar-refractivity contribution in [2.45, 2.75) is 6.92 Å². The van der Waals surface area contributed by atoms with Crippen LogP contribution in [0.1, 0.15) is 6.92 Å². The topological polar surface area (TPSA) is 119 Å². The summed E-state index contributed by atoms with van der Waals surface area (Å²) in [7, 11) is 0. The Kier molecular flexibility index (Phi) is 6.95. The normalized spacial score (nSPS) is 14.3. The molecule has 2 amide bonds. The second-order valence-corrected chi connectivity index (χ2v) is 9.73. The lowest BCUT2D eigenvalue weighted by Gasteiger charge is -2.35. The maximum absolute atomic E-state index is 12.8. The number of benzene rings is 2. The van der Waals surface area contributed by atoms with Crippen molar-refractivity contribution in [3.8, 4) is 28.5 Å². The van der Waals surface area contributed by atoms with Crippen LogP contribution in [0.2, 0.25) is 5.02 Å². The molecule has 204 valence electrons. The van der Waals surface area contributed by atoms with Crippen molar-refractivity contribution < 1.29 is 23.8 Å². The number of ether oxygens (including phenoxy) is 3. The zero-order valence-electron chi connectivity index (χ0n) is 21.6. The van der Waals surface area contributed by atoms with Crippen LogP contribution in [0.4, 0.5) is 11.8 Å². The summed E-state index contributed by atoms with van der Waals surface area (Å²) in [5, 5.41) is 3.28. The van der Waals surface area contributed by atoms with Crippen molar-refractivity contribution in [1.29, 1.82) is 0 Å². The third kappa shape index (κ3) is 5.41. The standard InChI is InChI=1S/C28H25ClN6O5/c1-17(36)30-28-32-22-8-7-21(18-2-9-23-24(14-18)40-16-39-23)31-26(22)27(33-28)35-12-10-34(11-13-35)25(37)15-38-20-5-3-19(29)4-6-20/h2-9,14H,10-13,15-16H2,1H3,(H,30,32,33,36). The zero-order valence-corrected chi connectivity index (χ0v) is 22.3. The minimum atomic E-state index is -0.272. The highest BCUT2D eigenvalue weighted by atomic mass is 35.5. The number of aromatic nitrogens is 3. The number of carbonyl (C=O) groups excluding carboxylic acids is 2. The number of nitrogens with one attached hydrogen (secondary N) is 1. The first-order valence-electron chi connectivity index (χ1n) is 12.7. The third-order valence-corrected chi connectivity index (χ3v) is 6.84. The molecule has 1 fully saturated rings. The molecule has 0 aliphatic carbocycles. The molecule has 0 radical (unpaired) electrons. The molecule has 0 atom stereocenters. The number of pyridine rings is 1. The molecule has 0 bridgehead atoms. The molecule has 4 aromatic rings. The van der Waals surface area contributed by atoms with Crippen molar-refractivity contribution in [3.63, 3.8) is 0 Å². The molecule has 11 nitrogen and oxygen atoms in total. The van der Waals surface area contributed by atoms with Crippen molar-refractivity contribution in [3.05, 3.63) is 59.6 Å². The van der Waals surface area contributed by atoms with Crippen LogP contribution in [0.3, 0.4) is 0 Å². The molecule has 6 rings (SSSR count). The van der Waals surface area contributed by atoms with E-state index < -0.39 is 0 Å². The van der Waals surface area contributed by atoms with Crippen LogP contribution in [0.5, 0.6) is 17.2 Å². The maximum Gasteiger partial charge on any atom is 0.260 e. The summed E-state index contributed by atoms with van der Waals surface area (Å²) in [6.45, 7) is 3.53. The van der Waals surface area contributed by atoms with E-state index in [1.165, 1.54) is 6.92 Å². The SMILES string of the molecule is CC(=O)Nc1nc(N2CCN(C(=O)COc3ccc(Cl)cc3)CC2)c2nc(-c3ccc4c(c3)OCO4)ccc2n1. The quantitative estimate of drug-likeness (QED) is 0.376. The molecule has 0 saturated carbocycles. The number of amides is 2. The molecular weight excluding hydrogens is 536 g/mol. The van der Waals surface area contributed by atoms with E-state index in [1.54, 1.807) is 29.2 Å². The van der Waals surface area contributed by atoms with Crippen LogP contribution in [-0.4, -0.2) is 71.2 Å². The number of fused-ring (bicyclic) bond motifs is 2. The summed E-state index contributed by atoms with van der Waals surface area (Å²) in [5.41, 5.74) is 2.76. The maximum atomic E-state index is 12.8. The van der Waals surface area contributed by atoms with Gasteiger partial charge in [0.2, 0.25) is 18.6 Å². The van der Waals surface area contributed by atoms with Gasteiger partial charge in [0.05, 0.1) is 11.2 Å². The number of anilines is 2. The van der Waals surface area contributed by atoms with Gasteiger partial charge in [0.15, 0.2) is 23.9 Å². The van der Waals surface area contributed by atoms with Crippen molar-refractivity contribution >= 4 is 46.2 Å². The van der Waals surface area contributed by atoms with Crippen LogP contribution < -0.4 is 24.4 Å². The van der Waals surface area contributed by atoms with E-state index in [4.69, 9.17) is 30.8 Å². The van der Waals surface area contributed by atoms with Crippen LogP contribution in [0.15, 0.2) is 54.6 Å².